The Balaban J connectivity index is 1.70. The minimum atomic E-state index is 0.872. The highest BCUT2D eigenvalue weighted by atomic mass is 15.1. The molecule has 0 aliphatic carbocycles. The van der Waals surface area contributed by atoms with E-state index in [1.54, 1.807) is 0 Å². The Bertz CT molecular complexity index is 1450. The topological polar surface area (TPSA) is 29.0 Å². The maximum absolute atomic E-state index is 4.87. The molecule has 1 heterocycles. The van der Waals surface area contributed by atoms with Gasteiger partial charge in [0, 0.05) is 17.1 Å². The van der Waals surface area contributed by atoms with Gasteiger partial charge in [0.25, 0.3) is 0 Å². The van der Waals surface area contributed by atoms with Gasteiger partial charge in [0.1, 0.15) is 0 Å². The number of fused-ring (bicyclic) bond motifs is 2. The zero-order valence-corrected chi connectivity index (χ0v) is 17.9. The van der Waals surface area contributed by atoms with E-state index in [9.17, 15) is 0 Å². The highest BCUT2D eigenvalue weighted by Gasteiger charge is 2.14. The molecule has 154 valence electrons. The van der Waals surface area contributed by atoms with Crippen LogP contribution in [0.25, 0.3) is 34.2 Å². The molecule has 0 fully saturated rings. The van der Waals surface area contributed by atoms with E-state index in [-0.39, 0.29) is 0 Å². The van der Waals surface area contributed by atoms with Crippen LogP contribution in [0.1, 0.15) is 18.1 Å². The molecular weight excluding hydrogens is 390 g/mol. The standard InChI is InChI=1S/C29H23N3/c1-3-10-22-15-16-24(19-21(22)4-2)32(23-11-6-5-7-12-23)25-17-18-28-29(20-25)31-27-14-9-8-13-26(27)30-28/h3-20H,2H2,1H3/b10-3-. The molecule has 0 saturated carbocycles. The first-order chi connectivity index (χ1) is 15.8. The third kappa shape index (κ3) is 3.65. The van der Waals surface area contributed by atoms with Gasteiger partial charge in [-0.05, 0) is 72.6 Å². The number of aromatic nitrogens is 2. The van der Waals surface area contributed by atoms with E-state index in [0.717, 1.165) is 50.3 Å². The number of hydrogen-bond acceptors (Lipinski definition) is 3. The van der Waals surface area contributed by atoms with Crippen LogP contribution >= 0.6 is 0 Å². The van der Waals surface area contributed by atoms with E-state index in [1.165, 1.54) is 0 Å². The fraction of sp³-hybridized carbons (Fsp3) is 0.0345. The lowest BCUT2D eigenvalue weighted by atomic mass is 10.0. The van der Waals surface area contributed by atoms with Crippen molar-refractivity contribution in [2.75, 3.05) is 4.90 Å². The summed E-state index contributed by atoms with van der Waals surface area (Å²) in [7, 11) is 0. The smallest absolute Gasteiger partial charge is 0.0915 e. The molecular formula is C29H23N3. The van der Waals surface area contributed by atoms with Gasteiger partial charge in [0.2, 0.25) is 0 Å². The maximum Gasteiger partial charge on any atom is 0.0915 e. The predicted octanol–water partition coefficient (Wildman–Crippen LogP) is 7.93. The Morgan fingerprint density at radius 3 is 1.97 bits per heavy atom. The Morgan fingerprint density at radius 2 is 1.25 bits per heavy atom. The number of benzene rings is 4. The highest BCUT2D eigenvalue weighted by molar-refractivity contribution is 5.90. The summed E-state index contributed by atoms with van der Waals surface area (Å²) in [6.45, 7) is 6.04. The summed E-state index contributed by atoms with van der Waals surface area (Å²) in [5.41, 5.74) is 8.97. The molecule has 0 aliphatic heterocycles. The summed E-state index contributed by atoms with van der Waals surface area (Å²) < 4.78 is 0. The monoisotopic (exact) mass is 413 g/mol. The summed E-state index contributed by atoms with van der Waals surface area (Å²) >= 11 is 0. The van der Waals surface area contributed by atoms with E-state index < -0.39 is 0 Å². The largest absolute Gasteiger partial charge is 0.310 e. The zero-order valence-electron chi connectivity index (χ0n) is 17.9. The Kier molecular flexibility index (Phi) is 5.22. The van der Waals surface area contributed by atoms with Crippen molar-refractivity contribution >= 4 is 51.3 Å². The molecule has 0 aliphatic rings. The van der Waals surface area contributed by atoms with Gasteiger partial charge in [-0.25, -0.2) is 9.97 Å². The molecule has 1 aromatic heterocycles. The van der Waals surface area contributed by atoms with Crippen LogP contribution in [0.5, 0.6) is 0 Å². The molecule has 4 aromatic carbocycles. The SMILES string of the molecule is C=Cc1cc(N(c2ccccc2)c2ccc3nc4ccccc4nc3c2)ccc1/C=C\C. The molecule has 3 heteroatoms. The molecule has 0 unspecified atom stereocenters. The Hall–Kier alpha value is -4.24. The van der Waals surface area contributed by atoms with E-state index in [2.05, 4.69) is 72.2 Å². The minimum Gasteiger partial charge on any atom is -0.310 e. The normalized spacial score (nSPS) is 11.3. The molecule has 0 amide bonds. The molecule has 0 saturated heterocycles. The zero-order chi connectivity index (χ0) is 21.9. The van der Waals surface area contributed by atoms with Crippen LogP contribution in [0.15, 0.2) is 104 Å². The number of anilines is 3. The Morgan fingerprint density at radius 1 is 0.625 bits per heavy atom. The van der Waals surface area contributed by atoms with Crippen LogP contribution in [-0.4, -0.2) is 9.97 Å². The lowest BCUT2D eigenvalue weighted by molar-refractivity contribution is 1.28. The summed E-state index contributed by atoms with van der Waals surface area (Å²) in [4.78, 5) is 11.9. The van der Waals surface area contributed by atoms with Gasteiger partial charge in [-0.3, -0.25) is 0 Å². The van der Waals surface area contributed by atoms with Crippen molar-refractivity contribution in [2.24, 2.45) is 0 Å². The summed E-state index contributed by atoms with van der Waals surface area (Å²) in [5.74, 6) is 0. The van der Waals surface area contributed by atoms with Crippen LogP contribution in [-0.2, 0) is 0 Å². The number of para-hydroxylation sites is 3. The lowest BCUT2D eigenvalue weighted by Gasteiger charge is -2.26. The number of rotatable bonds is 5. The van der Waals surface area contributed by atoms with Crippen molar-refractivity contribution in [2.45, 2.75) is 6.92 Å². The number of allylic oxidation sites excluding steroid dienone is 1. The number of hydrogen-bond donors (Lipinski definition) is 0. The first-order valence-electron chi connectivity index (χ1n) is 10.7. The van der Waals surface area contributed by atoms with Gasteiger partial charge in [-0.15, -0.1) is 0 Å². The summed E-state index contributed by atoms with van der Waals surface area (Å²) in [5, 5.41) is 0. The third-order valence-electron chi connectivity index (χ3n) is 5.49. The van der Waals surface area contributed by atoms with Gasteiger partial charge >= 0.3 is 0 Å². The summed E-state index contributed by atoms with van der Waals surface area (Å²) in [6, 6.07) is 31.1. The van der Waals surface area contributed by atoms with Crippen LogP contribution in [0.4, 0.5) is 17.1 Å². The van der Waals surface area contributed by atoms with Crippen LogP contribution in [0, 0.1) is 0 Å². The van der Waals surface area contributed by atoms with Gasteiger partial charge < -0.3 is 4.90 Å². The first-order valence-corrected chi connectivity index (χ1v) is 10.7. The second-order valence-corrected chi connectivity index (χ2v) is 7.57. The lowest BCUT2D eigenvalue weighted by Crippen LogP contribution is -2.10. The Labute approximate surface area is 188 Å². The van der Waals surface area contributed by atoms with Gasteiger partial charge in [0.05, 0.1) is 22.1 Å². The molecule has 0 radical (unpaired) electrons. The van der Waals surface area contributed by atoms with E-state index in [1.807, 2.05) is 55.5 Å². The molecule has 5 aromatic rings. The van der Waals surface area contributed by atoms with Crippen molar-refractivity contribution in [3.8, 4) is 0 Å². The van der Waals surface area contributed by atoms with Crippen molar-refractivity contribution in [1.29, 1.82) is 0 Å². The quantitative estimate of drug-likeness (QED) is 0.274. The van der Waals surface area contributed by atoms with E-state index in [0.29, 0.717) is 0 Å². The first kappa shape index (κ1) is 19.7. The van der Waals surface area contributed by atoms with Crippen molar-refractivity contribution in [3.05, 3.63) is 115 Å². The van der Waals surface area contributed by atoms with Crippen molar-refractivity contribution in [1.82, 2.24) is 9.97 Å². The van der Waals surface area contributed by atoms with Crippen LogP contribution in [0.3, 0.4) is 0 Å². The molecule has 0 N–H and O–H groups in total. The number of nitrogens with zero attached hydrogens (tertiary/aromatic N) is 3. The summed E-state index contributed by atoms with van der Waals surface area (Å²) in [6.07, 6.45) is 6.05. The van der Waals surface area contributed by atoms with Gasteiger partial charge in [-0.2, -0.15) is 0 Å². The second kappa shape index (κ2) is 8.48. The third-order valence-corrected chi connectivity index (χ3v) is 5.49. The second-order valence-electron chi connectivity index (χ2n) is 7.57. The van der Waals surface area contributed by atoms with Crippen LogP contribution < -0.4 is 4.90 Å². The van der Waals surface area contributed by atoms with E-state index in [4.69, 9.17) is 9.97 Å². The van der Waals surface area contributed by atoms with Crippen molar-refractivity contribution in [3.63, 3.8) is 0 Å². The van der Waals surface area contributed by atoms with Crippen molar-refractivity contribution < 1.29 is 0 Å². The van der Waals surface area contributed by atoms with Gasteiger partial charge in [0.15, 0.2) is 0 Å². The van der Waals surface area contributed by atoms with Crippen LogP contribution in [0.2, 0.25) is 0 Å². The molecule has 0 spiro atoms. The predicted molar refractivity (Wildman–Crippen MR) is 137 cm³/mol. The average molecular weight is 414 g/mol. The average Bonchev–Trinajstić information content (AvgIpc) is 2.84. The molecule has 0 atom stereocenters. The fourth-order valence-electron chi connectivity index (χ4n) is 3.98. The minimum absolute atomic E-state index is 0.872. The fourth-order valence-corrected chi connectivity index (χ4v) is 3.98. The highest BCUT2D eigenvalue weighted by Crippen LogP contribution is 2.36. The molecule has 0 bridgehead atoms. The maximum atomic E-state index is 4.87. The van der Waals surface area contributed by atoms with E-state index >= 15 is 0 Å². The molecule has 32 heavy (non-hydrogen) atoms. The molecule has 3 nitrogen and oxygen atoms in total. The van der Waals surface area contributed by atoms with Gasteiger partial charge in [-0.1, -0.05) is 61.2 Å². The molecule has 5 rings (SSSR count).